The molecule has 0 spiro atoms. The normalized spacial score (nSPS) is 15.1. The highest BCUT2D eigenvalue weighted by Gasteiger charge is 2.20. The topological polar surface area (TPSA) is 21.3 Å². The summed E-state index contributed by atoms with van der Waals surface area (Å²) in [5.41, 5.74) is 2.69. The molecule has 2 nitrogen and oxygen atoms in total. The van der Waals surface area contributed by atoms with Gasteiger partial charge in [-0.05, 0) is 30.0 Å². The number of ether oxygens (including phenoxy) is 1. The fourth-order valence-electron chi connectivity index (χ4n) is 1.97. The Bertz CT molecular complexity index is 333. The zero-order chi connectivity index (χ0) is 11.9. The molecule has 17 heavy (non-hydrogen) atoms. The van der Waals surface area contributed by atoms with Crippen molar-refractivity contribution in [1.29, 1.82) is 0 Å². The monoisotopic (exact) mass is 233 g/mol. The second kappa shape index (κ2) is 6.77. The summed E-state index contributed by atoms with van der Waals surface area (Å²) >= 11 is 0. The third-order valence-corrected chi connectivity index (χ3v) is 3.31. The van der Waals surface area contributed by atoms with Crippen LogP contribution in [0.5, 0.6) is 0 Å². The molecule has 1 fully saturated rings. The van der Waals surface area contributed by atoms with Crippen LogP contribution >= 0.6 is 0 Å². The molecule has 1 N–H and O–H groups in total. The first-order valence-electron chi connectivity index (χ1n) is 6.75. The average molecular weight is 233 g/mol. The summed E-state index contributed by atoms with van der Waals surface area (Å²) in [6.45, 7) is 5.76. The van der Waals surface area contributed by atoms with Gasteiger partial charge in [-0.2, -0.15) is 0 Å². The molecule has 2 heteroatoms. The minimum Gasteiger partial charge on any atom is -0.377 e. The summed E-state index contributed by atoms with van der Waals surface area (Å²) in [6, 6.07) is 8.54. The summed E-state index contributed by atoms with van der Waals surface area (Å²) in [6.07, 6.45) is 4.08. The Morgan fingerprint density at radius 2 is 2.00 bits per heavy atom. The lowest BCUT2D eigenvalue weighted by Gasteiger charge is -2.10. The third-order valence-electron chi connectivity index (χ3n) is 3.31. The zero-order valence-electron chi connectivity index (χ0n) is 10.7. The maximum atomic E-state index is 5.76. The van der Waals surface area contributed by atoms with E-state index in [0.717, 1.165) is 32.2 Å². The van der Waals surface area contributed by atoms with Gasteiger partial charge in [0.25, 0.3) is 0 Å². The van der Waals surface area contributed by atoms with Crippen LogP contribution in [0, 0.1) is 5.92 Å². The SMILES string of the molecule is CCNCc1ccccc1COCCC1CC1. The fourth-order valence-corrected chi connectivity index (χ4v) is 1.97. The molecule has 1 saturated carbocycles. The molecule has 0 bridgehead atoms. The molecular formula is C15H23NO. The van der Waals surface area contributed by atoms with Crippen molar-refractivity contribution in [3.63, 3.8) is 0 Å². The lowest BCUT2D eigenvalue weighted by molar-refractivity contribution is 0.114. The van der Waals surface area contributed by atoms with Gasteiger partial charge in [-0.15, -0.1) is 0 Å². The second-order valence-electron chi connectivity index (χ2n) is 4.83. The summed E-state index contributed by atoms with van der Waals surface area (Å²) in [4.78, 5) is 0. The Hall–Kier alpha value is -0.860. The first-order valence-corrected chi connectivity index (χ1v) is 6.75. The van der Waals surface area contributed by atoms with Crippen molar-refractivity contribution in [3.8, 4) is 0 Å². The van der Waals surface area contributed by atoms with Gasteiger partial charge in [0.05, 0.1) is 6.61 Å². The first-order chi connectivity index (χ1) is 8.40. The van der Waals surface area contributed by atoms with Crippen molar-refractivity contribution in [3.05, 3.63) is 35.4 Å². The number of hydrogen-bond acceptors (Lipinski definition) is 2. The van der Waals surface area contributed by atoms with Crippen molar-refractivity contribution in [2.75, 3.05) is 13.2 Å². The smallest absolute Gasteiger partial charge is 0.0720 e. The maximum Gasteiger partial charge on any atom is 0.0720 e. The van der Waals surface area contributed by atoms with Crippen LogP contribution in [0.1, 0.15) is 37.3 Å². The van der Waals surface area contributed by atoms with Crippen molar-refractivity contribution < 1.29 is 4.74 Å². The van der Waals surface area contributed by atoms with E-state index in [-0.39, 0.29) is 0 Å². The average Bonchev–Trinajstić information content (AvgIpc) is 3.17. The second-order valence-corrected chi connectivity index (χ2v) is 4.83. The Morgan fingerprint density at radius 1 is 1.24 bits per heavy atom. The largest absolute Gasteiger partial charge is 0.377 e. The van der Waals surface area contributed by atoms with Crippen molar-refractivity contribution in [2.24, 2.45) is 5.92 Å². The van der Waals surface area contributed by atoms with E-state index in [2.05, 4.69) is 36.5 Å². The molecule has 0 radical (unpaired) electrons. The zero-order valence-corrected chi connectivity index (χ0v) is 10.7. The molecule has 0 atom stereocenters. The molecule has 0 unspecified atom stereocenters. The Balaban J connectivity index is 1.76. The van der Waals surface area contributed by atoms with Crippen LogP contribution in [-0.2, 0) is 17.9 Å². The molecule has 1 aromatic carbocycles. The predicted octanol–water partition coefficient (Wildman–Crippen LogP) is 3.11. The van der Waals surface area contributed by atoms with Gasteiger partial charge in [-0.3, -0.25) is 0 Å². The molecule has 0 aromatic heterocycles. The van der Waals surface area contributed by atoms with Gasteiger partial charge in [0, 0.05) is 13.2 Å². The summed E-state index contributed by atoms with van der Waals surface area (Å²) < 4.78 is 5.76. The van der Waals surface area contributed by atoms with Crippen molar-refractivity contribution in [2.45, 2.75) is 39.3 Å². The summed E-state index contributed by atoms with van der Waals surface area (Å²) in [7, 11) is 0. The van der Waals surface area contributed by atoms with Gasteiger partial charge in [-0.1, -0.05) is 44.0 Å². The van der Waals surface area contributed by atoms with Gasteiger partial charge in [0.1, 0.15) is 0 Å². The number of rotatable bonds is 8. The Morgan fingerprint density at radius 3 is 2.71 bits per heavy atom. The van der Waals surface area contributed by atoms with Gasteiger partial charge < -0.3 is 10.1 Å². The molecule has 94 valence electrons. The minimum atomic E-state index is 0.758. The molecule has 0 saturated heterocycles. The van der Waals surface area contributed by atoms with Gasteiger partial charge in [-0.25, -0.2) is 0 Å². The highest BCUT2D eigenvalue weighted by atomic mass is 16.5. The van der Waals surface area contributed by atoms with Crippen LogP contribution in [0.2, 0.25) is 0 Å². The van der Waals surface area contributed by atoms with Crippen LogP contribution in [0.3, 0.4) is 0 Å². The number of hydrogen-bond donors (Lipinski definition) is 1. The fraction of sp³-hybridized carbons (Fsp3) is 0.600. The quantitative estimate of drug-likeness (QED) is 0.697. The summed E-state index contributed by atoms with van der Waals surface area (Å²) in [5, 5.41) is 3.37. The van der Waals surface area contributed by atoms with E-state index in [0.29, 0.717) is 0 Å². The van der Waals surface area contributed by atoms with Crippen molar-refractivity contribution >= 4 is 0 Å². The van der Waals surface area contributed by atoms with E-state index < -0.39 is 0 Å². The molecule has 0 amide bonds. The molecule has 1 aliphatic carbocycles. The lowest BCUT2D eigenvalue weighted by atomic mass is 10.1. The molecule has 0 aliphatic heterocycles. The molecule has 0 heterocycles. The van der Waals surface area contributed by atoms with E-state index in [9.17, 15) is 0 Å². The first kappa shape index (κ1) is 12.6. The highest BCUT2D eigenvalue weighted by Crippen LogP contribution is 2.32. The van der Waals surface area contributed by atoms with Crippen LogP contribution in [0.25, 0.3) is 0 Å². The van der Waals surface area contributed by atoms with Crippen LogP contribution in [-0.4, -0.2) is 13.2 Å². The van der Waals surface area contributed by atoms with E-state index in [1.54, 1.807) is 0 Å². The third kappa shape index (κ3) is 4.49. The van der Waals surface area contributed by atoms with Gasteiger partial charge in [0.2, 0.25) is 0 Å². The molecule has 1 aliphatic rings. The molecule has 2 rings (SSSR count). The molecule has 1 aromatic rings. The van der Waals surface area contributed by atoms with E-state index in [4.69, 9.17) is 4.74 Å². The van der Waals surface area contributed by atoms with Gasteiger partial charge >= 0.3 is 0 Å². The Labute approximate surface area is 104 Å². The standard InChI is InChI=1S/C15H23NO/c1-2-16-11-14-5-3-4-6-15(14)12-17-10-9-13-7-8-13/h3-6,13,16H,2,7-12H2,1H3. The Kier molecular flexibility index (Phi) is 5.02. The minimum absolute atomic E-state index is 0.758. The van der Waals surface area contributed by atoms with Crippen LogP contribution in [0.4, 0.5) is 0 Å². The van der Waals surface area contributed by atoms with E-state index >= 15 is 0 Å². The van der Waals surface area contributed by atoms with Crippen LogP contribution in [0.15, 0.2) is 24.3 Å². The lowest BCUT2D eigenvalue weighted by Crippen LogP contribution is -2.13. The van der Waals surface area contributed by atoms with E-state index in [1.165, 1.54) is 30.4 Å². The number of benzene rings is 1. The maximum absolute atomic E-state index is 5.76. The highest BCUT2D eigenvalue weighted by molar-refractivity contribution is 5.26. The van der Waals surface area contributed by atoms with E-state index in [1.807, 2.05) is 0 Å². The molecular weight excluding hydrogens is 210 g/mol. The van der Waals surface area contributed by atoms with Crippen LogP contribution < -0.4 is 5.32 Å². The predicted molar refractivity (Wildman–Crippen MR) is 70.8 cm³/mol. The van der Waals surface area contributed by atoms with Crippen molar-refractivity contribution in [1.82, 2.24) is 5.32 Å². The summed E-state index contributed by atoms with van der Waals surface area (Å²) in [5.74, 6) is 0.965. The number of nitrogens with one attached hydrogen (secondary N) is 1. The van der Waals surface area contributed by atoms with Gasteiger partial charge in [0.15, 0.2) is 0 Å².